The van der Waals surface area contributed by atoms with Gasteiger partial charge >= 0.3 is 0 Å². The van der Waals surface area contributed by atoms with E-state index in [0.29, 0.717) is 0 Å². The normalized spacial score (nSPS) is 11.6. The Morgan fingerprint density at radius 1 is 1.11 bits per heavy atom. The summed E-state index contributed by atoms with van der Waals surface area (Å²) in [4.78, 5) is 33.6. The molecule has 0 heterocycles. The lowest BCUT2D eigenvalue weighted by Crippen LogP contribution is -2.45. The van der Waals surface area contributed by atoms with Crippen LogP contribution in [0.25, 0.3) is 0 Å². The average molecular weight is 263 g/mol. The Bertz CT molecular complexity index is 459. The van der Waals surface area contributed by atoms with Gasteiger partial charge in [0, 0.05) is 6.42 Å². The molecule has 0 aromatic heterocycles. The zero-order valence-electron chi connectivity index (χ0n) is 10.5. The van der Waals surface area contributed by atoms with Crippen molar-refractivity contribution in [1.82, 2.24) is 5.32 Å². The minimum Gasteiger partial charge on any atom is -0.370 e. The number of carbonyl (C=O) groups excluding carboxylic acids is 3. The summed E-state index contributed by atoms with van der Waals surface area (Å²) in [7, 11) is 0. The van der Waals surface area contributed by atoms with Crippen LogP contribution < -0.4 is 16.8 Å². The predicted molar refractivity (Wildman–Crippen MR) is 69.7 cm³/mol. The Morgan fingerprint density at radius 2 is 1.74 bits per heavy atom. The summed E-state index contributed by atoms with van der Waals surface area (Å²) in [5.74, 6) is -1.54. The first-order valence-electron chi connectivity index (χ1n) is 5.90. The number of amides is 3. The van der Waals surface area contributed by atoms with Gasteiger partial charge in [-0.3, -0.25) is 14.4 Å². The Hall–Kier alpha value is -2.37. The highest BCUT2D eigenvalue weighted by molar-refractivity contribution is 5.88. The molecule has 19 heavy (non-hydrogen) atoms. The maximum atomic E-state index is 11.7. The highest BCUT2D eigenvalue weighted by atomic mass is 16.2. The molecule has 0 bridgehead atoms. The number of benzene rings is 1. The lowest BCUT2D eigenvalue weighted by molar-refractivity contribution is -0.127. The summed E-state index contributed by atoms with van der Waals surface area (Å²) < 4.78 is 0. The van der Waals surface area contributed by atoms with Crippen molar-refractivity contribution in [2.75, 3.05) is 0 Å². The van der Waals surface area contributed by atoms with Crippen LogP contribution in [0.4, 0.5) is 0 Å². The minimum absolute atomic E-state index is 0.000770. The molecule has 1 unspecified atom stereocenters. The fourth-order valence-electron chi connectivity index (χ4n) is 1.60. The zero-order valence-corrected chi connectivity index (χ0v) is 10.5. The molecule has 0 saturated heterocycles. The van der Waals surface area contributed by atoms with Gasteiger partial charge in [0.15, 0.2) is 0 Å². The summed E-state index contributed by atoms with van der Waals surface area (Å²) in [6.07, 6.45) is 0.269. The van der Waals surface area contributed by atoms with Crippen molar-refractivity contribution >= 4 is 17.7 Å². The van der Waals surface area contributed by atoms with E-state index in [1.54, 1.807) is 0 Å². The van der Waals surface area contributed by atoms with Crippen LogP contribution in [0, 0.1) is 0 Å². The number of rotatable bonds is 7. The summed E-state index contributed by atoms with van der Waals surface area (Å²) in [5.41, 5.74) is 11.0. The van der Waals surface area contributed by atoms with Gasteiger partial charge in [-0.05, 0) is 12.0 Å². The van der Waals surface area contributed by atoms with E-state index in [9.17, 15) is 14.4 Å². The second-order valence-corrected chi connectivity index (χ2v) is 4.19. The highest BCUT2D eigenvalue weighted by Crippen LogP contribution is 2.01. The lowest BCUT2D eigenvalue weighted by Gasteiger charge is -2.14. The molecule has 5 N–H and O–H groups in total. The van der Waals surface area contributed by atoms with Crippen molar-refractivity contribution in [3.8, 4) is 0 Å². The van der Waals surface area contributed by atoms with Crippen LogP contribution in [0.1, 0.15) is 18.4 Å². The fraction of sp³-hybridized carbons (Fsp3) is 0.308. The maximum absolute atomic E-state index is 11.7. The first-order valence-corrected chi connectivity index (χ1v) is 5.90. The predicted octanol–water partition coefficient (Wildman–Crippen LogP) is -0.535. The quantitative estimate of drug-likeness (QED) is 0.613. The number of hydrogen-bond donors (Lipinski definition) is 3. The molecule has 1 rings (SSSR count). The maximum Gasteiger partial charge on any atom is 0.240 e. The standard InChI is InChI=1S/C13H17N3O3/c14-11(17)7-6-10(13(15)19)16-12(18)8-9-4-2-1-3-5-9/h1-5,10H,6-8H2,(H2,14,17)(H2,15,19)(H,16,18). The van der Waals surface area contributed by atoms with E-state index in [4.69, 9.17) is 11.5 Å². The minimum atomic E-state index is -0.872. The second-order valence-electron chi connectivity index (χ2n) is 4.19. The van der Waals surface area contributed by atoms with E-state index >= 15 is 0 Å². The molecule has 102 valence electrons. The van der Waals surface area contributed by atoms with Gasteiger partial charge in [0.2, 0.25) is 17.7 Å². The summed E-state index contributed by atoms with van der Waals surface area (Å²) in [5, 5.41) is 2.50. The molecule has 3 amide bonds. The van der Waals surface area contributed by atoms with Crippen LogP contribution >= 0.6 is 0 Å². The van der Waals surface area contributed by atoms with Gasteiger partial charge in [-0.2, -0.15) is 0 Å². The summed E-state index contributed by atoms with van der Waals surface area (Å²) in [6, 6.07) is 8.23. The van der Waals surface area contributed by atoms with Crippen molar-refractivity contribution in [2.24, 2.45) is 11.5 Å². The van der Waals surface area contributed by atoms with Gasteiger partial charge < -0.3 is 16.8 Å². The van der Waals surface area contributed by atoms with Crippen molar-refractivity contribution < 1.29 is 14.4 Å². The van der Waals surface area contributed by atoms with Gasteiger partial charge in [-0.1, -0.05) is 30.3 Å². The Kier molecular flexibility index (Phi) is 5.53. The first kappa shape index (κ1) is 14.7. The molecule has 6 nitrogen and oxygen atoms in total. The van der Waals surface area contributed by atoms with E-state index in [2.05, 4.69) is 5.32 Å². The topological polar surface area (TPSA) is 115 Å². The molecule has 0 spiro atoms. The number of nitrogens with one attached hydrogen (secondary N) is 1. The molecule has 0 radical (unpaired) electrons. The lowest BCUT2D eigenvalue weighted by atomic mass is 10.1. The summed E-state index contributed by atoms with van der Waals surface area (Å²) >= 11 is 0. The van der Waals surface area contributed by atoms with E-state index in [-0.39, 0.29) is 25.2 Å². The summed E-state index contributed by atoms with van der Waals surface area (Å²) in [6.45, 7) is 0. The van der Waals surface area contributed by atoms with Crippen LogP contribution in [-0.4, -0.2) is 23.8 Å². The average Bonchev–Trinajstić information content (AvgIpc) is 2.35. The van der Waals surface area contributed by atoms with Gasteiger partial charge in [0.1, 0.15) is 6.04 Å². The van der Waals surface area contributed by atoms with Crippen LogP contribution in [0.3, 0.4) is 0 Å². The van der Waals surface area contributed by atoms with Crippen molar-refractivity contribution in [1.29, 1.82) is 0 Å². The number of hydrogen-bond acceptors (Lipinski definition) is 3. The third-order valence-electron chi connectivity index (χ3n) is 2.57. The third kappa shape index (κ3) is 5.67. The number of nitrogens with two attached hydrogens (primary N) is 2. The van der Waals surface area contributed by atoms with Gasteiger partial charge in [0.05, 0.1) is 6.42 Å². The van der Waals surface area contributed by atoms with Crippen LogP contribution in [0.2, 0.25) is 0 Å². The Morgan fingerprint density at radius 3 is 2.26 bits per heavy atom. The van der Waals surface area contributed by atoms with E-state index in [1.165, 1.54) is 0 Å². The molecular formula is C13H17N3O3. The van der Waals surface area contributed by atoms with Crippen LogP contribution in [0.15, 0.2) is 30.3 Å². The molecule has 0 aliphatic heterocycles. The van der Waals surface area contributed by atoms with Gasteiger partial charge in [-0.25, -0.2) is 0 Å². The Balaban J connectivity index is 2.52. The second kappa shape index (κ2) is 7.15. The zero-order chi connectivity index (χ0) is 14.3. The molecule has 0 fully saturated rings. The van der Waals surface area contributed by atoms with Crippen molar-refractivity contribution in [3.05, 3.63) is 35.9 Å². The fourth-order valence-corrected chi connectivity index (χ4v) is 1.60. The van der Waals surface area contributed by atoms with Crippen molar-refractivity contribution in [3.63, 3.8) is 0 Å². The molecular weight excluding hydrogens is 246 g/mol. The molecule has 0 saturated carbocycles. The van der Waals surface area contributed by atoms with Crippen molar-refractivity contribution in [2.45, 2.75) is 25.3 Å². The van der Waals surface area contributed by atoms with E-state index < -0.39 is 17.9 Å². The first-order chi connectivity index (χ1) is 8.99. The van der Waals surface area contributed by atoms with Gasteiger partial charge in [-0.15, -0.1) is 0 Å². The number of primary amides is 2. The van der Waals surface area contributed by atoms with Gasteiger partial charge in [0.25, 0.3) is 0 Å². The highest BCUT2D eigenvalue weighted by Gasteiger charge is 2.18. The third-order valence-corrected chi connectivity index (χ3v) is 2.57. The Labute approximate surface area is 111 Å². The van der Waals surface area contributed by atoms with Crippen LogP contribution in [0.5, 0.6) is 0 Å². The molecule has 1 aromatic rings. The smallest absolute Gasteiger partial charge is 0.240 e. The molecule has 6 heteroatoms. The molecule has 0 aliphatic carbocycles. The molecule has 0 aliphatic rings. The van der Waals surface area contributed by atoms with E-state index in [1.807, 2.05) is 30.3 Å². The molecule has 1 aromatic carbocycles. The van der Waals surface area contributed by atoms with Crippen LogP contribution in [-0.2, 0) is 20.8 Å². The SMILES string of the molecule is NC(=O)CCC(NC(=O)Cc1ccccc1)C(N)=O. The largest absolute Gasteiger partial charge is 0.370 e. The van der Waals surface area contributed by atoms with E-state index in [0.717, 1.165) is 5.56 Å². The number of carbonyl (C=O) groups is 3. The molecule has 1 atom stereocenters. The monoisotopic (exact) mass is 263 g/mol.